The van der Waals surface area contributed by atoms with Gasteiger partial charge in [0.1, 0.15) is 0 Å². The van der Waals surface area contributed by atoms with Crippen molar-refractivity contribution in [1.29, 1.82) is 0 Å². The second-order valence-corrected chi connectivity index (χ2v) is 3.50. The molecule has 0 aromatic rings. The Morgan fingerprint density at radius 1 is 1.20 bits per heavy atom. The Bertz CT molecular complexity index is 140. The Morgan fingerprint density at radius 2 is 2.00 bits per heavy atom. The molecule has 0 aliphatic heterocycles. The maximum absolute atomic E-state index is 10.5. The molecule has 0 aromatic heterocycles. The summed E-state index contributed by atoms with van der Waals surface area (Å²) in [6, 6.07) is 0. The molecular formula is C8H13OP. The number of hydrogen-bond donors (Lipinski definition) is 0. The first-order valence-electron chi connectivity index (χ1n) is 3.96. The minimum atomic E-state index is 0.245. The van der Waals surface area contributed by atoms with Gasteiger partial charge in [-0.25, -0.2) is 0 Å². The Labute approximate surface area is 63.7 Å². The minimum absolute atomic E-state index is 0.245. The predicted molar refractivity (Wildman–Crippen MR) is 43.4 cm³/mol. The first kappa shape index (κ1) is 7.94. The fraction of sp³-hybridized carbons (Fsp3) is 0.750. The highest BCUT2D eigenvalue weighted by atomic mass is 31.1. The van der Waals surface area contributed by atoms with Gasteiger partial charge in [-0.1, -0.05) is 18.9 Å². The summed E-state index contributed by atoms with van der Waals surface area (Å²) in [6.45, 7) is 0. The Kier molecular flexibility index (Phi) is 3.67. The monoisotopic (exact) mass is 156 g/mol. The molecule has 0 fully saturated rings. The lowest BCUT2D eigenvalue weighted by molar-refractivity contribution is 0.595. The predicted octanol–water partition coefficient (Wildman–Crippen LogP) is 3.52. The van der Waals surface area contributed by atoms with Gasteiger partial charge < -0.3 is 0 Å². The van der Waals surface area contributed by atoms with Crippen LogP contribution < -0.4 is 0 Å². The molecule has 0 saturated heterocycles. The molecule has 0 unspecified atom stereocenters. The van der Waals surface area contributed by atoms with Gasteiger partial charge in [0.15, 0.2) is 8.46 Å². The smallest absolute Gasteiger partial charge is 0.187 e. The molecule has 1 aliphatic rings. The van der Waals surface area contributed by atoms with Crippen LogP contribution in [0.15, 0.2) is 11.4 Å². The van der Waals surface area contributed by atoms with Gasteiger partial charge >= 0.3 is 0 Å². The van der Waals surface area contributed by atoms with Crippen molar-refractivity contribution in [3.8, 4) is 0 Å². The van der Waals surface area contributed by atoms with E-state index in [4.69, 9.17) is 0 Å². The van der Waals surface area contributed by atoms with E-state index in [1.54, 1.807) is 0 Å². The van der Waals surface area contributed by atoms with Gasteiger partial charge in [0, 0.05) is 5.31 Å². The molecule has 0 radical (unpaired) electrons. The van der Waals surface area contributed by atoms with Crippen molar-refractivity contribution in [2.75, 3.05) is 0 Å². The van der Waals surface area contributed by atoms with Crippen LogP contribution in [-0.4, -0.2) is 0 Å². The van der Waals surface area contributed by atoms with Crippen molar-refractivity contribution in [2.24, 2.45) is 0 Å². The zero-order valence-corrected chi connectivity index (χ0v) is 7.07. The van der Waals surface area contributed by atoms with Crippen LogP contribution in [0.1, 0.15) is 38.5 Å². The van der Waals surface area contributed by atoms with Gasteiger partial charge in [-0.15, -0.1) is 0 Å². The van der Waals surface area contributed by atoms with Crippen molar-refractivity contribution in [1.82, 2.24) is 0 Å². The number of rotatable bonds is 1. The number of hydrogen-bond acceptors (Lipinski definition) is 1. The van der Waals surface area contributed by atoms with Gasteiger partial charge in [-0.05, 0) is 25.7 Å². The van der Waals surface area contributed by atoms with E-state index < -0.39 is 0 Å². The summed E-state index contributed by atoms with van der Waals surface area (Å²) in [7, 11) is 0.245. The summed E-state index contributed by atoms with van der Waals surface area (Å²) < 4.78 is 10.5. The van der Waals surface area contributed by atoms with Crippen molar-refractivity contribution >= 4 is 8.46 Å². The molecule has 1 rings (SSSR count). The molecular weight excluding hydrogens is 143 g/mol. The first-order chi connectivity index (χ1) is 4.93. The highest BCUT2D eigenvalue weighted by Gasteiger charge is 2.00. The van der Waals surface area contributed by atoms with Crippen molar-refractivity contribution < 1.29 is 4.57 Å². The van der Waals surface area contributed by atoms with Crippen LogP contribution in [-0.2, 0) is 4.57 Å². The Hall–Kier alpha value is -0.160. The Balaban J connectivity index is 2.43. The summed E-state index contributed by atoms with van der Waals surface area (Å²) in [4.78, 5) is 0. The van der Waals surface area contributed by atoms with Crippen LogP contribution in [0.2, 0.25) is 0 Å². The van der Waals surface area contributed by atoms with E-state index in [1.165, 1.54) is 25.7 Å². The third-order valence-corrected chi connectivity index (χ3v) is 2.52. The molecule has 10 heavy (non-hydrogen) atoms. The van der Waals surface area contributed by atoms with Crippen LogP contribution >= 0.6 is 8.46 Å². The summed E-state index contributed by atoms with van der Waals surface area (Å²) in [5.74, 6) is 0. The van der Waals surface area contributed by atoms with Gasteiger partial charge in [-0.3, -0.25) is 4.57 Å². The maximum Gasteiger partial charge on any atom is 0.187 e. The van der Waals surface area contributed by atoms with Gasteiger partial charge in [0.05, 0.1) is 0 Å². The molecule has 1 nitrogen and oxygen atoms in total. The summed E-state index contributed by atoms with van der Waals surface area (Å²) in [5, 5.41) is 1.11. The van der Waals surface area contributed by atoms with Crippen molar-refractivity contribution in [3.05, 3.63) is 11.4 Å². The molecule has 0 atom stereocenters. The average molecular weight is 156 g/mol. The van der Waals surface area contributed by atoms with Gasteiger partial charge in [-0.2, -0.15) is 0 Å². The lowest BCUT2D eigenvalue weighted by Crippen LogP contribution is -1.84. The molecule has 0 amide bonds. The fourth-order valence-electron chi connectivity index (χ4n) is 1.26. The van der Waals surface area contributed by atoms with E-state index in [0.29, 0.717) is 0 Å². The van der Waals surface area contributed by atoms with E-state index in [0.717, 1.165) is 18.2 Å². The fourth-order valence-corrected chi connectivity index (χ4v) is 1.71. The van der Waals surface area contributed by atoms with E-state index >= 15 is 0 Å². The largest absolute Gasteiger partial charge is 0.270 e. The van der Waals surface area contributed by atoms with Gasteiger partial charge in [0.2, 0.25) is 0 Å². The van der Waals surface area contributed by atoms with Crippen LogP contribution in [0.25, 0.3) is 0 Å². The molecule has 0 saturated carbocycles. The molecule has 56 valence electrons. The van der Waals surface area contributed by atoms with Gasteiger partial charge in [0.25, 0.3) is 0 Å². The third-order valence-electron chi connectivity index (χ3n) is 1.88. The second kappa shape index (κ2) is 4.62. The topological polar surface area (TPSA) is 17.1 Å². The quantitative estimate of drug-likeness (QED) is 0.531. The van der Waals surface area contributed by atoms with Crippen molar-refractivity contribution in [3.63, 3.8) is 0 Å². The summed E-state index contributed by atoms with van der Waals surface area (Å²) >= 11 is 0. The van der Waals surface area contributed by atoms with E-state index in [9.17, 15) is 4.57 Å². The van der Waals surface area contributed by atoms with E-state index in [2.05, 4.69) is 6.08 Å². The molecule has 0 heterocycles. The lowest BCUT2D eigenvalue weighted by Gasteiger charge is -2.04. The third kappa shape index (κ3) is 2.62. The first-order valence-corrected chi connectivity index (χ1v) is 4.77. The van der Waals surface area contributed by atoms with E-state index in [-0.39, 0.29) is 8.46 Å². The van der Waals surface area contributed by atoms with E-state index in [1.807, 2.05) is 0 Å². The molecule has 2 heteroatoms. The lowest BCUT2D eigenvalue weighted by atomic mass is 10.1. The molecule has 0 N–H and O–H groups in total. The summed E-state index contributed by atoms with van der Waals surface area (Å²) in [6.07, 6.45) is 9.47. The normalized spacial score (nSPS) is 21.4. The SMILES string of the molecule is O=PC1=CCCCCCC1. The van der Waals surface area contributed by atoms with Crippen LogP contribution in [0.3, 0.4) is 0 Å². The Morgan fingerprint density at radius 3 is 2.80 bits per heavy atom. The number of allylic oxidation sites excluding steroid dienone is 2. The van der Waals surface area contributed by atoms with Crippen LogP contribution in [0.5, 0.6) is 0 Å². The highest BCUT2D eigenvalue weighted by Crippen LogP contribution is 2.23. The van der Waals surface area contributed by atoms with Crippen LogP contribution in [0, 0.1) is 0 Å². The van der Waals surface area contributed by atoms with Crippen molar-refractivity contribution in [2.45, 2.75) is 38.5 Å². The molecule has 1 aliphatic carbocycles. The zero-order valence-electron chi connectivity index (χ0n) is 6.18. The molecule has 0 aromatic carbocycles. The minimum Gasteiger partial charge on any atom is -0.270 e. The average Bonchev–Trinajstić information content (AvgIpc) is 1.87. The maximum atomic E-state index is 10.5. The zero-order chi connectivity index (χ0) is 7.23. The van der Waals surface area contributed by atoms with Crippen LogP contribution in [0.4, 0.5) is 0 Å². The second-order valence-electron chi connectivity index (χ2n) is 2.74. The highest BCUT2D eigenvalue weighted by molar-refractivity contribution is 7.29. The summed E-state index contributed by atoms with van der Waals surface area (Å²) in [5.41, 5.74) is 0. The molecule has 0 bridgehead atoms. The molecule has 0 spiro atoms. The standard InChI is InChI=1S/C8H13OP/c9-10-8-6-4-2-1-3-5-7-8/h6H,1-5,7H2.